The largest absolute Gasteiger partial charge is 0.315 e. The van der Waals surface area contributed by atoms with Gasteiger partial charge in [-0.15, -0.1) is 0 Å². The molecule has 0 aromatic heterocycles. The second kappa shape index (κ2) is 6.20. The average Bonchev–Trinajstić information content (AvgIpc) is 2.39. The number of benzene rings is 1. The first-order chi connectivity index (χ1) is 8.66. The van der Waals surface area contributed by atoms with Crippen LogP contribution >= 0.6 is 11.8 Å². The summed E-state index contributed by atoms with van der Waals surface area (Å²) in [6, 6.07) is 6.34. The van der Waals surface area contributed by atoms with Gasteiger partial charge in [-0.3, -0.25) is 4.79 Å². The molecule has 0 spiro atoms. The number of amides is 1. The molecular weight excluding hydrogens is 251 g/mol. The Bertz CT molecular complexity index is 421. The molecule has 98 valence electrons. The molecule has 1 aliphatic rings. The van der Waals surface area contributed by atoms with Crippen molar-refractivity contribution in [3.05, 3.63) is 30.1 Å². The molecule has 1 aromatic carbocycles. The Hall–Kier alpha value is -1.07. The van der Waals surface area contributed by atoms with Crippen LogP contribution in [0.15, 0.2) is 24.3 Å². The Morgan fingerprint density at radius 3 is 3.11 bits per heavy atom. The molecule has 0 aliphatic carbocycles. The smallest absolute Gasteiger partial charge is 0.228 e. The lowest BCUT2D eigenvalue weighted by Gasteiger charge is -2.25. The van der Waals surface area contributed by atoms with Gasteiger partial charge in [-0.25, -0.2) is 4.39 Å². The van der Waals surface area contributed by atoms with Gasteiger partial charge in [0.15, 0.2) is 0 Å². The predicted molar refractivity (Wildman–Crippen MR) is 73.5 cm³/mol. The van der Waals surface area contributed by atoms with Crippen LogP contribution in [0.4, 0.5) is 10.1 Å². The molecule has 1 aliphatic heterocycles. The van der Waals surface area contributed by atoms with E-state index in [9.17, 15) is 9.18 Å². The van der Waals surface area contributed by atoms with Gasteiger partial charge in [0, 0.05) is 43.2 Å². The first-order valence-electron chi connectivity index (χ1n) is 6.00. The summed E-state index contributed by atoms with van der Waals surface area (Å²) in [5.41, 5.74) is 0.600. The highest BCUT2D eigenvalue weighted by Crippen LogP contribution is 2.17. The molecule has 1 aromatic rings. The molecule has 1 N–H and O–H groups in total. The normalized spacial score (nSPS) is 19.6. The van der Waals surface area contributed by atoms with Crippen molar-refractivity contribution < 1.29 is 9.18 Å². The van der Waals surface area contributed by atoms with Gasteiger partial charge in [-0.1, -0.05) is 6.07 Å². The van der Waals surface area contributed by atoms with Gasteiger partial charge in [0.05, 0.1) is 0 Å². The zero-order chi connectivity index (χ0) is 13.0. The lowest BCUT2D eigenvalue weighted by Crippen LogP contribution is -2.41. The van der Waals surface area contributed by atoms with E-state index in [2.05, 4.69) is 5.32 Å². The fourth-order valence-electron chi connectivity index (χ4n) is 1.93. The SMILES string of the molecule is CN(C(=O)CC1CSCCN1)c1cccc(F)c1. The number of hydrogen-bond acceptors (Lipinski definition) is 3. The number of anilines is 1. The zero-order valence-corrected chi connectivity index (χ0v) is 11.2. The first-order valence-corrected chi connectivity index (χ1v) is 7.15. The minimum atomic E-state index is -0.321. The number of nitrogens with one attached hydrogen (secondary N) is 1. The van der Waals surface area contributed by atoms with Gasteiger partial charge in [0.25, 0.3) is 0 Å². The van der Waals surface area contributed by atoms with E-state index in [-0.39, 0.29) is 17.8 Å². The molecule has 1 atom stereocenters. The third kappa shape index (κ3) is 3.46. The van der Waals surface area contributed by atoms with Gasteiger partial charge < -0.3 is 10.2 Å². The minimum absolute atomic E-state index is 0.0144. The zero-order valence-electron chi connectivity index (χ0n) is 10.4. The van der Waals surface area contributed by atoms with Crippen molar-refractivity contribution in [1.82, 2.24) is 5.32 Å². The van der Waals surface area contributed by atoms with Crippen LogP contribution in [0.3, 0.4) is 0 Å². The van der Waals surface area contributed by atoms with E-state index in [1.165, 1.54) is 17.0 Å². The minimum Gasteiger partial charge on any atom is -0.315 e. The van der Waals surface area contributed by atoms with Crippen molar-refractivity contribution in [2.24, 2.45) is 0 Å². The van der Waals surface area contributed by atoms with Crippen molar-refractivity contribution in [3.63, 3.8) is 0 Å². The van der Waals surface area contributed by atoms with Crippen LogP contribution in [0, 0.1) is 5.82 Å². The quantitative estimate of drug-likeness (QED) is 0.908. The van der Waals surface area contributed by atoms with Gasteiger partial charge in [-0.2, -0.15) is 11.8 Å². The third-order valence-corrected chi connectivity index (χ3v) is 4.12. The summed E-state index contributed by atoms with van der Waals surface area (Å²) in [6.07, 6.45) is 0.458. The first kappa shape index (κ1) is 13.4. The Morgan fingerprint density at radius 2 is 2.44 bits per heavy atom. The molecule has 1 unspecified atom stereocenters. The predicted octanol–water partition coefficient (Wildman–Crippen LogP) is 1.88. The Morgan fingerprint density at radius 1 is 1.61 bits per heavy atom. The topological polar surface area (TPSA) is 32.3 Å². The molecule has 0 bridgehead atoms. The molecule has 1 saturated heterocycles. The molecule has 0 radical (unpaired) electrons. The van der Waals surface area contributed by atoms with E-state index < -0.39 is 0 Å². The van der Waals surface area contributed by atoms with E-state index >= 15 is 0 Å². The standard InChI is InChI=1S/C13H17FN2OS/c1-16(12-4-2-3-10(14)7-12)13(17)8-11-9-18-6-5-15-11/h2-4,7,11,15H,5-6,8-9H2,1H3. The van der Waals surface area contributed by atoms with Gasteiger partial charge in [0.1, 0.15) is 5.82 Å². The van der Waals surface area contributed by atoms with Crippen molar-refractivity contribution in [2.75, 3.05) is 30.0 Å². The molecular formula is C13H17FN2OS. The number of carbonyl (C=O) groups is 1. The summed E-state index contributed by atoms with van der Waals surface area (Å²) in [6.45, 7) is 0.951. The van der Waals surface area contributed by atoms with Crippen molar-refractivity contribution >= 4 is 23.4 Å². The van der Waals surface area contributed by atoms with Crippen LogP contribution in [0.25, 0.3) is 0 Å². The lowest BCUT2D eigenvalue weighted by atomic mass is 10.2. The lowest BCUT2D eigenvalue weighted by molar-refractivity contribution is -0.118. The molecule has 1 heterocycles. The highest BCUT2D eigenvalue weighted by atomic mass is 32.2. The highest BCUT2D eigenvalue weighted by molar-refractivity contribution is 7.99. The molecule has 5 heteroatoms. The second-order valence-electron chi connectivity index (χ2n) is 4.36. The van der Waals surface area contributed by atoms with E-state index in [1.807, 2.05) is 11.8 Å². The third-order valence-electron chi connectivity index (χ3n) is 2.99. The van der Waals surface area contributed by atoms with E-state index in [1.54, 1.807) is 19.2 Å². The Kier molecular flexibility index (Phi) is 4.60. The monoisotopic (exact) mass is 268 g/mol. The maximum absolute atomic E-state index is 13.1. The van der Waals surface area contributed by atoms with Gasteiger partial charge in [-0.05, 0) is 18.2 Å². The second-order valence-corrected chi connectivity index (χ2v) is 5.51. The summed E-state index contributed by atoms with van der Waals surface area (Å²) in [5.74, 6) is 1.76. The molecule has 18 heavy (non-hydrogen) atoms. The molecule has 2 rings (SSSR count). The summed E-state index contributed by atoms with van der Waals surface area (Å²) in [7, 11) is 1.69. The van der Waals surface area contributed by atoms with Gasteiger partial charge >= 0.3 is 0 Å². The molecule has 1 amide bonds. The van der Waals surface area contributed by atoms with Crippen molar-refractivity contribution in [1.29, 1.82) is 0 Å². The molecule has 0 saturated carbocycles. The fraction of sp³-hybridized carbons (Fsp3) is 0.462. The molecule has 1 fully saturated rings. The number of thioether (sulfide) groups is 1. The van der Waals surface area contributed by atoms with Crippen LogP contribution in [0.5, 0.6) is 0 Å². The van der Waals surface area contributed by atoms with Crippen molar-refractivity contribution in [2.45, 2.75) is 12.5 Å². The molecule has 3 nitrogen and oxygen atoms in total. The van der Waals surface area contributed by atoms with Crippen molar-refractivity contribution in [3.8, 4) is 0 Å². The summed E-state index contributed by atoms with van der Waals surface area (Å²) < 4.78 is 13.1. The average molecular weight is 268 g/mol. The fourth-order valence-corrected chi connectivity index (χ4v) is 2.88. The van der Waals surface area contributed by atoms with Crippen LogP contribution in [-0.4, -0.2) is 37.0 Å². The Labute approximate surface area is 111 Å². The number of hydrogen-bond donors (Lipinski definition) is 1. The van der Waals surface area contributed by atoms with E-state index in [0.717, 1.165) is 18.1 Å². The highest BCUT2D eigenvalue weighted by Gasteiger charge is 2.19. The number of nitrogens with zero attached hydrogens (tertiary/aromatic N) is 1. The number of rotatable bonds is 3. The summed E-state index contributed by atoms with van der Waals surface area (Å²) in [5, 5.41) is 3.33. The number of halogens is 1. The van der Waals surface area contributed by atoms with Crippen LogP contribution in [0.2, 0.25) is 0 Å². The van der Waals surface area contributed by atoms with Crippen LogP contribution < -0.4 is 10.2 Å². The van der Waals surface area contributed by atoms with E-state index in [4.69, 9.17) is 0 Å². The maximum Gasteiger partial charge on any atom is 0.228 e. The number of carbonyl (C=O) groups excluding carboxylic acids is 1. The summed E-state index contributed by atoms with van der Waals surface area (Å²) in [4.78, 5) is 13.6. The van der Waals surface area contributed by atoms with Crippen LogP contribution in [-0.2, 0) is 4.79 Å². The van der Waals surface area contributed by atoms with Gasteiger partial charge in [0.2, 0.25) is 5.91 Å². The van der Waals surface area contributed by atoms with Crippen LogP contribution in [0.1, 0.15) is 6.42 Å². The van der Waals surface area contributed by atoms with E-state index in [0.29, 0.717) is 12.1 Å². The maximum atomic E-state index is 13.1. The summed E-state index contributed by atoms with van der Waals surface area (Å²) >= 11 is 1.86. The Balaban J connectivity index is 1.95.